The summed E-state index contributed by atoms with van der Waals surface area (Å²) in [5.74, 6) is 1.27. The molecule has 0 spiro atoms. The molecule has 26 heavy (non-hydrogen) atoms. The Balaban J connectivity index is 1.41. The highest BCUT2D eigenvalue weighted by molar-refractivity contribution is 5.86. The second-order valence-electron chi connectivity index (χ2n) is 7.21. The molecular weight excluding hydrogens is 324 g/mol. The average Bonchev–Trinajstić information content (AvgIpc) is 3.04. The quantitative estimate of drug-likeness (QED) is 0.766. The molecule has 1 amide bonds. The number of rotatable bonds is 4. The fourth-order valence-electron chi connectivity index (χ4n) is 3.56. The number of amides is 1. The van der Waals surface area contributed by atoms with Crippen molar-refractivity contribution in [2.75, 3.05) is 13.2 Å². The molecule has 0 fully saturated rings. The van der Waals surface area contributed by atoms with E-state index in [4.69, 9.17) is 4.74 Å². The second-order valence-corrected chi connectivity index (χ2v) is 7.21. The van der Waals surface area contributed by atoms with Gasteiger partial charge >= 0.3 is 0 Å². The van der Waals surface area contributed by atoms with E-state index in [1.807, 2.05) is 29.2 Å². The molecule has 4 nitrogen and oxygen atoms in total. The summed E-state index contributed by atoms with van der Waals surface area (Å²) in [5.41, 5.74) is 4.90. The molecule has 4 rings (SSSR count). The third-order valence-corrected chi connectivity index (χ3v) is 5.14. The standard InChI is InChI=1S/C22H24N2O2/c1-15(2)16-7-9-17(10-8-16)26-14-22(25)24-12-11-21-19(13-24)18-5-3-4-6-20(18)23-21/h3-10,15,23H,11-14H2,1-2H3. The van der Waals surface area contributed by atoms with E-state index in [0.717, 1.165) is 24.2 Å². The van der Waals surface area contributed by atoms with Crippen LogP contribution in [0.4, 0.5) is 0 Å². The summed E-state index contributed by atoms with van der Waals surface area (Å²) < 4.78 is 5.71. The van der Waals surface area contributed by atoms with Gasteiger partial charge in [0.05, 0.1) is 0 Å². The van der Waals surface area contributed by atoms with Gasteiger partial charge in [-0.2, -0.15) is 0 Å². The molecule has 0 bridgehead atoms. The number of carbonyl (C=O) groups excluding carboxylic acids is 1. The summed E-state index contributed by atoms with van der Waals surface area (Å²) in [5, 5.41) is 1.21. The van der Waals surface area contributed by atoms with Crippen molar-refractivity contribution in [3.63, 3.8) is 0 Å². The lowest BCUT2D eigenvalue weighted by molar-refractivity contribution is -0.134. The minimum atomic E-state index is 0.0360. The van der Waals surface area contributed by atoms with Gasteiger partial charge in [0.25, 0.3) is 5.91 Å². The van der Waals surface area contributed by atoms with Crippen LogP contribution in [0, 0.1) is 0 Å². The van der Waals surface area contributed by atoms with Gasteiger partial charge in [0.15, 0.2) is 6.61 Å². The highest BCUT2D eigenvalue weighted by Crippen LogP contribution is 2.27. The Morgan fingerprint density at radius 1 is 1.15 bits per heavy atom. The maximum Gasteiger partial charge on any atom is 0.260 e. The van der Waals surface area contributed by atoms with Crippen LogP contribution >= 0.6 is 0 Å². The Bertz CT molecular complexity index is 925. The Hall–Kier alpha value is -2.75. The summed E-state index contributed by atoms with van der Waals surface area (Å²) in [6.45, 7) is 5.78. The molecule has 2 aromatic carbocycles. The van der Waals surface area contributed by atoms with E-state index in [0.29, 0.717) is 12.5 Å². The smallest absolute Gasteiger partial charge is 0.260 e. The predicted octanol–water partition coefficient (Wildman–Crippen LogP) is 4.26. The minimum absolute atomic E-state index is 0.0360. The molecule has 1 aliphatic rings. The van der Waals surface area contributed by atoms with Crippen molar-refractivity contribution in [2.45, 2.75) is 32.7 Å². The summed E-state index contributed by atoms with van der Waals surface area (Å²) in [4.78, 5) is 18.0. The number of aromatic amines is 1. The Morgan fingerprint density at radius 2 is 1.92 bits per heavy atom. The van der Waals surface area contributed by atoms with Gasteiger partial charge in [-0.05, 0) is 29.7 Å². The lowest BCUT2D eigenvalue weighted by atomic mass is 10.0. The van der Waals surface area contributed by atoms with Crippen LogP contribution in [0.3, 0.4) is 0 Å². The number of fused-ring (bicyclic) bond motifs is 3. The number of para-hydroxylation sites is 1. The lowest BCUT2D eigenvalue weighted by Gasteiger charge is -2.27. The summed E-state index contributed by atoms with van der Waals surface area (Å²) in [6, 6.07) is 16.3. The first-order valence-electron chi connectivity index (χ1n) is 9.21. The van der Waals surface area contributed by atoms with Crippen LogP contribution in [-0.4, -0.2) is 28.9 Å². The van der Waals surface area contributed by atoms with Gasteiger partial charge in [0, 0.05) is 41.7 Å². The molecule has 0 unspecified atom stereocenters. The molecule has 1 N–H and O–H groups in total. The molecule has 3 aromatic rings. The van der Waals surface area contributed by atoms with Gasteiger partial charge in [-0.1, -0.05) is 44.2 Å². The molecule has 4 heteroatoms. The topological polar surface area (TPSA) is 45.3 Å². The number of benzene rings is 2. The minimum Gasteiger partial charge on any atom is -0.484 e. The first-order chi connectivity index (χ1) is 12.6. The van der Waals surface area contributed by atoms with Crippen LogP contribution in [0.5, 0.6) is 5.75 Å². The molecule has 1 aromatic heterocycles. The molecule has 0 radical (unpaired) electrons. The number of nitrogens with zero attached hydrogens (tertiary/aromatic N) is 1. The third kappa shape index (κ3) is 3.19. The Morgan fingerprint density at radius 3 is 2.69 bits per heavy atom. The second kappa shape index (κ2) is 6.87. The van der Waals surface area contributed by atoms with Crippen LogP contribution in [0.2, 0.25) is 0 Å². The van der Waals surface area contributed by atoms with Crippen LogP contribution in [0.25, 0.3) is 10.9 Å². The summed E-state index contributed by atoms with van der Waals surface area (Å²) in [6.07, 6.45) is 0.860. The molecule has 0 saturated carbocycles. The number of ether oxygens (including phenoxy) is 1. The Labute approximate surface area is 153 Å². The lowest BCUT2D eigenvalue weighted by Crippen LogP contribution is -2.38. The SMILES string of the molecule is CC(C)c1ccc(OCC(=O)N2CCc3[nH]c4ccccc4c3C2)cc1. The number of carbonyl (C=O) groups is 1. The van der Waals surface area contributed by atoms with Gasteiger partial charge < -0.3 is 14.6 Å². The fourth-order valence-corrected chi connectivity index (χ4v) is 3.56. The average molecular weight is 348 g/mol. The van der Waals surface area contributed by atoms with Crippen molar-refractivity contribution < 1.29 is 9.53 Å². The summed E-state index contributed by atoms with van der Waals surface area (Å²) in [7, 11) is 0. The van der Waals surface area contributed by atoms with Crippen molar-refractivity contribution >= 4 is 16.8 Å². The normalized spacial score (nSPS) is 13.9. The van der Waals surface area contributed by atoms with Crippen LogP contribution in [0.15, 0.2) is 48.5 Å². The highest BCUT2D eigenvalue weighted by atomic mass is 16.5. The van der Waals surface area contributed by atoms with Crippen molar-refractivity contribution in [1.82, 2.24) is 9.88 Å². The van der Waals surface area contributed by atoms with Gasteiger partial charge in [-0.3, -0.25) is 4.79 Å². The number of H-pyrrole nitrogens is 1. The molecular formula is C22H24N2O2. The zero-order valence-corrected chi connectivity index (χ0v) is 15.3. The van der Waals surface area contributed by atoms with Crippen LogP contribution < -0.4 is 4.74 Å². The van der Waals surface area contributed by atoms with E-state index in [9.17, 15) is 4.79 Å². The first kappa shape index (κ1) is 16.7. The fraction of sp³-hybridized carbons (Fsp3) is 0.318. The van der Waals surface area contributed by atoms with Crippen molar-refractivity contribution in [1.29, 1.82) is 0 Å². The van der Waals surface area contributed by atoms with Crippen molar-refractivity contribution in [3.05, 3.63) is 65.4 Å². The van der Waals surface area contributed by atoms with Crippen molar-refractivity contribution in [3.8, 4) is 5.75 Å². The number of nitrogens with one attached hydrogen (secondary N) is 1. The first-order valence-corrected chi connectivity index (χ1v) is 9.21. The largest absolute Gasteiger partial charge is 0.484 e. The Kier molecular flexibility index (Phi) is 4.41. The molecule has 2 heterocycles. The van der Waals surface area contributed by atoms with Crippen molar-refractivity contribution in [2.24, 2.45) is 0 Å². The molecule has 0 atom stereocenters. The van der Waals surface area contributed by atoms with Crippen LogP contribution in [-0.2, 0) is 17.8 Å². The third-order valence-electron chi connectivity index (χ3n) is 5.14. The summed E-state index contributed by atoms with van der Waals surface area (Å²) >= 11 is 0. The van der Waals surface area contributed by atoms with Gasteiger partial charge in [-0.15, -0.1) is 0 Å². The maximum atomic E-state index is 12.6. The zero-order valence-electron chi connectivity index (χ0n) is 15.3. The molecule has 0 aliphatic carbocycles. The van der Waals surface area contributed by atoms with E-state index in [1.54, 1.807) is 0 Å². The molecule has 1 aliphatic heterocycles. The number of aromatic nitrogens is 1. The van der Waals surface area contributed by atoms with E-state index < -0.39 is 0 Å². The highest BCUT2D eigenvalue weighted by Gasteiger charge is 2.24. The van der Waals surface area contributed by atoms with Crippen LogP contribution in [0.1, 0.15) is 36.6 Å². The van der Waals surface area contributed by atoms with Gasteiger partial charge in [-0.25, -0.2) is 0 Å². The van der Waals surface area contributed by atoms with E-state index in [2.05, 4.69) is 43.1 Å². The monoisotopic (exact) mass is 348 g/mol. The number of hydrogen-bond donors (Lipinski definition) is 1. The zero-order chi connectivity index (χ0) is 18.1. The number of hydrogen-bond acceptors (Lipinski definition) is 2. The van der Waals surface area contributed by atoms with E-state index >= 15 is 0 Å². The maximum absolute atomic E-state index is 12.6. The van der Waals surface area contributed by atoms with Gasteiger partial charge in [0.1, 0.15) is 5.75 Å². The van der Waals surface area contributed by atoms with E-state index in [1.165, 1.54) is 22.2 Å². The molecule has 0 saturated heterocycles. The van der Waals surface area contributed by atoms with E-state index in [-0.39, 0.29) is 12.5 Å². The van der Waals surface area contributed by atoms with Gasteiger partial charge in [0.2, 0.25) is 0 Å². The molecule has 134 valence electrons. The predicted molar refractivity (Wildman–Crippen MR) is 103 cm³/mol.